The summed E-state index contributed by atoms with van der Waals surface area (Å²) >= 11 is 1.45. The maximum absolute atomic E-state index is 11.9. The molecule has 1 aromatic carbocycles. The molecule has 1 aromatic rings. The molecule has 0 aromatic heterocycles. The number of hydrogen-bond acceptors (Lipinski definition) is 6. The second-order valence-corrected chi connectivity index (χ2v) is 6.55. The van der Waals surface area contributed by atoms with E-state index in [0.717, 1.165) is 31.2 Å². The van der Waals surface area contributed by atoms with Crippen molar-refractivity contribution in [1.82, 2.24) is 5.32 Å². The van der Waals surface area contributed by atoms with Crippen molar-refractivity contribution in [3.05, 3.63) is 23.8 Å². The quantitative estimate of drug-likeness (QED) is 0.444. The van der Waals surface area contributed by atoms with E-state index in [1.165, 1.54) is 11.8 Å². The number of carbonyl (C=O) groups is 1. The zero-order valence-corrected chi connectivity index (χ0v) is 15.1. The van der Waals surface area contributed by atoms with Crippen LogP contribution in [0.25, 0.3) is 0 Å². The Hall–Kier alpha value is -2.02. The van der Waals surface area contributed by atoms with Crippen LogP contribution in [0.3, 0.4) is 0 Å². The summed E-state index contributed by atoms with van der Waals surface area (Å²) in [6, 6.07) is 5.48. The Morgan fingerprint density at radius 1 is 1.25 bits per heavy atom. The molecule has 1 N–H and O–H groups in total. The summed E-state index contributed by atoms with van der Waals surface area (Å²) in [6.45, 7) is 2.15. The molecule has 0 radical (unpaired) electrons. The molecule has 1 atom stereocenters. The van der Waals surface area contributed by atoms with Crippen molar-refractivity contribution in [3.8, 4) is 11.5 Å². The van der Waals surface area contributed by atoms with Gasteiger partial charge in [-0.2, -0.15) is 5.10 Å². The van der Waals surface area contributed by atoms with Crippen LogP contribution in [0.15, 0.2) is 28.4 Å². The predicted octanol–water partition coefficient (Wildman–Crippen LogP) is 3.21. The van der Waals surface area contributed by atoms with E-state index in [0.29, 0.717) is 16.7 Å². The standard InChI is InChI=1S/C17H23N3O3S/c1-4-5-6-7-15-16(21)19-17(24-15)20-18-11-12-8-9-13(22-2)14(10-12)23-3/h8-11,15H,4-7H2,1-3H3,(H,19,20,21)/b18-11-/t15-/m0/s1. The van der Waals surface area contributed by atoms with E-state index in [4.69, 9.17) is 9.47 Å². The summed E-state index contributed by atoms with van der Waals surface area (Å²) < 4.78 is 10.4. The molecule has 1 heterocycles. The van der Waals surface area contributed by atoms with Crippen LogP contribution in [0.2, 0.25) is 0 Å². The van der Waals surface area contributed by atoms with Gasteiger partial charge in [-0.3, -0.25) is 4.79 Å². The van der Waals surface area contributed by atoms with Crippen LogP contribution in [0.5, 0.6) is 11.5 Å². The number of nitrogens with zero attached hydrogens (tertiary/aromatic N) is 2. The lowest BCUT2D eigenvalue weighted by molar-refractivity contribution is -0.118. The summed E-state index contributed by atoms with van der Waals surface area (Å²) in [5.41, 5.74) is 0.839. The molecule has 7 heteroatoms. The van der Waals surface area contributed by atoms with Gasteiger partial charge in [0.15, 0.2) is 16.7 Å². The average molecular weight is 349 g/mol. The fourth-order valence-corrected chi connectivity index (χ4v) is 3.28. The molecule has 0 unspecified atom stereocenters. The SMILES string of the molecule is CCCCC[C@@H]1S/C(=N\N=C/c2ccc(OC)c(OC)c2)NC1=O. The van der Waals surface area contributed by atoms with Gasteiger partial charge in [0.2, 0.25) is 5.91 Å². The van der Waals surface area contributed by atoms with Crippen LogP contribution in [0.1, 0.15) is 38.2 Å². The molecule has 2 rings (SSSR count). The van der Waals surface area contributed by atoms with Crippen molar-refractivity contribution < 1.29 is 14.3 Å². The molecule has 0 spiro atoms. The fourth-order valence-electron chi connectivity index (χ4n) is 2.30. The largest absolute Gasteiger partial charge is 0.493 e. The van der Waals surface area contributed by atoms with Gasteiger partial charge in [-0.05, 0) is 30.2 Å². The Bertz CT molecular complexity index is 632. The number of benzene rings is 1. The summed E-state index contributed by atoms with van der Waals surface area (Å²) in [5.74, 6) is 1.32. The van der Waals surface area contributed by atoms with Gasteiger partial charge in [0.05, 0.1) is 25.7 Å². The second kappa shape index (κ2) is 9.32. The first-order valence-corrected chi connectivity index (χ1v) is 8.86. The van der Waals surface area contributed by atoms with Crippen LogP contribution in [0.4, 0.5) is 0 Å². The lowest BCUT2D eigenvalue weighted by Gasteiger charge is -2.07. The Kier molecular flexibility index (Phi) is 7.11. The molecule has 1 aliphatic heterocycles. The Morgan fingerprint density at radius 2 is 2.04 bits per heavy atom. The first kappa shape index (κ1) is 18.3. The number of hydrogen-bond donors (Lipinski definition) is 1. The number of thioether (sulfide) groups is 1. The number of carbonyl (C=O) groups excluding carboxylic acids is 1. The molecule has 0 aliphatic carbocycles. The van der Waals surface area contributed by atoms with E-state index in [1.807, 2.05) is 18.2 Å². The van der Waals surface area contributed by atoms with Crippen LogP contribution in [0, 0.1) is 0 Å². The number of nitrogens with one attached hydrogen (secondary N) is 1. The van der Waals surface area contributed by atoms with Crippen molar-refractivity contribution in [1.29, 1.82) is 0 Å². The monoisotopic (exact) mass is 349 g/mol. The van der Waals surface area contributed by atoms with Crippen molar-refractivity contribution >= 4 is 29.1 Å². The number of unbranched alkanes of at least 4 members (excludes halogenated alkanes) is 2. The third kappa shape index (κ3) is 4.99. The summed E-state index contributed by atoms with van der Waals surface area (Å²) in [6.07, 6.45) is 5.85. The minimum atomic E-state index is -0.0495. The number of amides is 1. The lowest BCUT2D eigenvalue weighted by atomic mass is 10.1. The molecular formula is C17H23N3O3S. The Morgan fingerprint density at radius 3 is 2.75 bits per heavy atom. The van der Waals surface area contributed by atoms with E-state index in [1.54, 1.807) is 20.4 Å². The van der Waals surface area contributed by atoms with Crippen LogP contribution in [-0.4, -0.2) is 36.8 Å². The summed E-state index contributed by atoms with van der Waals surface area (Å²) in [5, 5.41) is 11.4. The highest BCUT2D eigenvalue weighted by Crippen LogP contribution is 2.27. The zero-order valence-electron chi connectivity index (χ0n) is 14.2. The molecule has 1 aliphatic rings. The van der Waals surface area contributed by atoms with Gasteiger partial charge in [0.1, 0.15) is 0 Å². The van der Waals surface area contributed by atoms with Gasteiger partial charge in [0.25, 0.3) is 0 Å². The van der Waals surface area contributed by atoms with Crippen LogP contribution >= 0.6 is 11.8 Å². The van der Waals surface area contributed by atoms with Gasteiger partial charge in [-0.1, -0.05) is 37.9 Å². The topological polar surface area (TPSA) is 72.3 Å². The first-order chi connectivity index (χ1) is 11.7. The molecule has 1 amide bonds. The van der Waals surface area contributed by atoms with Gasteiger partial charge < -0.3 is 14.8 Å². The third-order valence-corrected chi connectivity index (χ3v) is 4.75. The average Bonchev–Trinajstić information content (AvgIpc) is 2.94. The molecule has 130 valence electrons. The molecular weight excluding hydrogens is 326 g/mol. The summed E-state index contributed by atoms with van der Waals surface area (Å²) in [7, 11) is 3.18. The summed E-state index contributed by atoms with van der Waals surface area (Å²) in [4.78, 5) is 11.9. The minimum absolute atomic E-state index is 0.0242. The van der Waals surface area contributed by atoms with Crippen molar-refractivity contribution in [3.63, 3.8) is 0 Å². The highest BCUT2D eigenvalue weighted by Gasteiger charge is 2.29. The van der Waals surface area contributed by atoms with E-state index in [-0.39, 0.29) is 11.2 Å². The predicted molar refractivity (Wildman–Crippen MR) is 98.2 cm³/mol. The maximum atomic E-state index is 11.9. The van der Waals surface area contributed by atoms with Gasteiger partial charge in [-0.15, -0.1) is 5.10 Å². The molecule has 0 bridgehead atoms. The second-order valence-electron chi connectivity index (χ2n) is 5.36. The van der Waals surface area contributed by atoms with Crippen molar-refractivity contribution in [2.75, 3.05) is 14.2 Å². The number of ether oxygens (including phenoxy) is 2. The maximum Gasteiger partial charge on any atom is 0.239 e. The van der Waals surface area contributed by atoms with Gasteiger partial charge in [0, 0.05) is 0 Å². The Balaban J connectivity index is 1.95. The Labute approximate surface area is 146 Å². The van der Waals surface area contributed by atoms with E-state index < -0.39 is 0 Å². The highest BCUT2D eigenvalue weighted by molar-refractivity contribution is 8.15. The number of methoxy groups -OCH3 is 2. The van der Waals surface area contributed by atoms with Crippen LogP contribution < -0.4 is 14.8 Å². The fraction of sp³-hybridized carbons (Fsp3) is 0.471. The molecule has 24 heavy (non-hydrogen) atoms. The van der Waals surface area contributed by atoms with Gasteiger partial charge in [-0.25, -0.2) is 0 Å². The smallest absolute Gasteiger partial charge is 0.239 e. The normalized spacial score (nSPS) is 19.0. The van der Waals surface area contributed by atoms with E-state index in [2.05, 4.69) is 22.4 Å². The molecule has 0 saturated carbocycles. The van der Waals surface area contributed by atoms with E-state index in [9.17, 15) is 4.79 Å². The number of amidine groups is 1. The molecule has 6 nitrogen and oxygen atoms in total. The third-order valence-electron chi connectivity index (χ3n) is 3.61. The lowest BCUT2D eigenvalue weighted by Crippen LogP contribution is -2.24. The van der Waals surface area contributed by atoms with Gasteiger partial charge >= 0.3 is 0 Å². The minimum Gasteiger partial charge on any atom is -0.493 e. The van der Waals surface area contributed by atoms with Crippen molar-refractivity contribution in [2.45, 2.75) is 37.9 Å². The van der Waals surface area contributed by atoms with E-state index >= 15 is 0 Å². The zero-order chi connectivity index (χ0) is 17.4. The number of rotatable bonds is 8. The first-order valence-electron chi connectivity index (χ1n) is 7.98. The molecule has 1 saturated heterocycles. The molecule has 1 fully saturated rings. The van der Waals surface area contributed by atoms with Crippen LogP contribution in [-0.2, 0) is 4.79 Å². The van der Waals surface area contributed by atoms with Crippen molar-refractivity contribution in [2.24, 2.45) is 10.2 Å². The highest BCUT2D eigenvalue weighted by atomic mass is 32.2.